The minimum absolute atomic E-state index is 0.773. The van der Waals surface area contributed by atoms with Crippen LogP contribution >= 0.6 is 0 Å². The highest BCUT2D eigenvalue weighted by molar-refractivity contribution is 5.25. The number of allylic oxidation sites excluding steroid dienone is 2. The molecule has 0 N–H and O–H groups in total. The van der Waals surface area contributed by atoms with Crippen LogP contribution in [0.1, 0.15) is 19.3 Å². The molecule has 3 bridgehead atoms. The van der Waals surface area contributed by atoms with Crippen LogP contribution in [-0.2, 0) is 0 Å². The molecule has 0 aliphatic heterocycles. The third kappa shape index (κ3) is 0.211. The predicted molar refractivity (Wildman–Crippen MR) is 32.4 cm³/mol. The zero-order valence-electron chi connectivity index (χ0n) is 4.93. The molecule has 1 atom stereocenters. The highest BCUT2D eigenvalue weighted by Gasteiger charge is 2.56. The predicted octanol–water partition coefficient (Wildman–Crippen LogP) is 1.97. The topological polar surface area (TPSA) is 0 Å². The second kappa shape index (κ2) is 0.792. The Kier molecular flexibility index (Phi) is 0.367. The maximum Gasteiger partial charge on any atom is -0.0107 e. The summed E-state index contributed by atoms with van der Waals surface area (Å²) in [5.74, 6) is 2.15. The van der Waals surface area contributed by atoms with Gasteiger partial charge in [0, 0.05) is 0 Å². The van der Waals surface area contributed by atoms with Crippen molar-refractivity contribution in [3.63, 3.8) is 0 Å². The molecule has 1 unspecified atom stereocenters. The molecular weight excluding hydrogens is 96.1 g/mol. The average molecular weight is 106 g/mol. The van der Waals surface area contributed by atoms with E-state index in [1.165, 1.54) is 19.3 Å². The first-order valence-corrected chi connectivity index (χ1v) is 3.57. The molecule has 42 valence electrons. The van der Waals surface area contributed by atoms with Crippen LogP contribution in [0.3, 0.4) is 0 Å². The molecule has 3 fully saturated rings. The van der Waals surface area contributed by atoms with E-state index < -0.39 is 0 Å². The molecule has 0 amide bonds. The minimum atomic E-state index is 0.773. The lowest BCUT2D eigenvalue weighted by Gasteiger charge is -2.38. The van der Waals surface area contributed by atoms with Gasteiger partial charge >= 0.3 is 0 Å². The van der Waals surface area contributed by atoms with Crippen molar-refractivity contribution in [2.45, 2.75) is 19.3 Å². The second-order valence-electron chi connectivity index (χ2n) is 3.76. The SMILES string of the molecule is C1=CC23CC1C(C2)C3. The summed E-state index contributed by atoms with van der Waals surface area (Å²) >= 11 is 0. The molecule has 4 aliphatic rings. The van der Waals surface area contributed by atoms with Gasteiger partial charge in [-0.05, 0) is 36.5 Å². The fraction of sp³-hybridized carbons (Fsp3) is 0.750. The molecule has 0 heteroatoms. The largest absolute Gasteiger partial charge is 0.0846 e. The van der Waals surface area contributed by atoms with Crippen LogP contribution < -0.4 is 0 Å². The highest BCUT2D eigenvalue weighted by atomic mass is 14.6. The summed E-state index contributed by atoms with van der Waals surface area (Å²) < 4.78 is 0. The fourth-order valence-corrected chi connectivity index (χ4v) is 2.85. The van der Waals surface area contributed by atoms with Crippen LogP contribution in [0.2, 0.25) is 0 Å². The second-order valence-corrected chi connectivity index (χ2v) is 3.76. The summed E-state index contributed by atoms with van der Waals surface area (Å²) in [5.41, 5.74) is 0.773. The van der Waals surface area contributed by atoms with Crippen molar-refractivity contribution < 1.29 is 0 Å². The molecule has 0 aromatic heterocycles. The molecule has 0 aromatic rings. The van der Waals surface area contributed by atoms with Crippen molar-refractivity contribution in [3.8, 4) is 0 Å². The van der Waals surface area contributed by atoms with Crippen LogP contribution in [0.25, 0.3) is 0 Å². The van der Waals surface area contributed by atoms with Crippen LogP contribution in [0.4, 0.5) is 0 Å². The summed E-state index contributed by atoms with van der Waals surface area (Å²) in [5, 5.41) is 0. The lowest BCUT2D eigenvalue weighted by atomic mass is 9.67. The van der Waals surface area contributed by atoms with Gasteiger partial charge in [0.25, 0.3) is 0 Å². The lowest BCUT2D eigenvalue weighted by molar-refractivity contribution is 0.191. The number of hydrogen-bond acceptors (Lipinski definition) is 0. The third-order valence-electron chi connectivity index (χ3n) is 3.28. The van der Waals surface area contributed by atoms with Gasteiger partial charge < -0.3 is 0 Å². The number of rotatable bonds is 0. The summed E-state index contributed by atoms with van der Waals surface area (Å²) in [6.45, 7) is 0. The monoisotopic (exact) mass is 106 g/mol. The Morgan fingerprint density at radius 2 is 2.12 bits per heavy atom. The summed E-state index contributed by atoms with van der Waals surface area (Å²) in [6.07, 6.45) is 9.50. The Morgan fingerprint density at radius 3 is 2.25 bits per heavy atom. The maximum atomic E-state index is 2.47. The van der Waals surface area contributed by atoms with Crippen LogP contribution in [0.5, 0.6) is 0 Å². The Balaban J connectivity index is 2.23. The summed E-state index contributed by atoms with van der Waals surface area (Å²) in [6, 6.07) is 0. The quantitative estimate of drug-likeness (QED) is 0.414. The van der Waals surface area contributed by atoms with Gasteiger partial charge in [-0.3, -0.25) is 0 Å². The van der Waals surface area contributed by atoms with E-state index in [2.05, 4.69) is 12.2 Å². The summed E-state index contributed by atoms with van der Waals surface area (Å²) in [4.78, 5) is 0. The van der Waals surface area contributed by atoms with Crippen molar-refractivity contribution in [2.75, 3.05) is 0 Å². The van der Waals surface area contributed by atoms with E-state index in [-0.39, 0.29) is 0 Å². The Morgan fingerprint density at radius 1 is 1.25 bits per heavy atom. The van der Waals surface area contributed by atoms with E-state index in [1.807, 2.05) is 0 Å². The van der Waals surface area contributed by atoms with Gasteiger partial charge in [0.05, 0.1) is 0 Å². The molecule has 0 aromatic carbocycles. The van der Waals surface area contributed by atoms with E-state index in [0.29, 0.717) is 0 Å². The van der Waals surface area contributed by atoms with Crippen LogP contribution in [0.15, 0.2) is 12.2 Å². The van der Waals surface area contributed by atoms with E-state index in [4.69, 9.17) is 0 Å². The van der Waals surface area contributed by atoms with Gasteiger partial charge in [0.1, 0.15) is 0 Å². The maximum absolute atomic E-state index is 2.47. The van der Waals surface area contributed by atoms with Gasteiger partial charge in [-0.25, -0.2) is 0 Å². The van der Waals surface area contributed by atoms with Crippen LogP contribution in [-0.4, -0.2) is 0 Å². The van der Waals surface area contributed by atoms with Crippen LogP contribution in [0, 0.1) is 17.3 Å². The Hall–Kier alpha value is -0.260. The Labute approximate surface area is 49.6 Å². The van der Waals surface area contributed by atoms with Gasteiger partial charge in [-0.2, -0.15) is 0 Å². The van der Waals surface area contributed by atoms with E-state index in [9.17, 15) is 0 Å². The van der Waals surface area contributed by atoms with Gasteiger partial charge in [0.2, 0.25) is 0 Å². The van der Waals surface area contributed by atoms with Gasteiger partial charge in [0.15, 0.2) is 0 Å². The molecule has 8 heavy (non-hydrogen) atoms. The smallest absolute Gasteiger partial charge is 0.0107 e. The Bertz CT molecular complexity index is 161. The van der Waals surface area contributed by atoms with E-state index in [0.717, 1.165) is 17.3 Å². The zero-order valence-corrected chi connectivity index (χ0v) is 4.93. The first-order chi connectivity index (χ1) is 3.88. The number of hydrogen-bond donors (Lipinski definition) is 0. The molecule has 4 aliphatic carbocycles. The highest BCUT2D eigenvalue weighted by Crippen LogP contribution is 2.66. The molecule has 0 saturated heterocycles. The first kappa shape index (κ1) is 3.71. The minimum Gasteiger partial charge on any atom is -0.0846 e. The summed E-state index contributed by atoms with van der Waals surface area (Å²) in [7, 11) is 0. The molecular formula is C8H10. The fourth-order valence-electron chi connectivity index (χ4n) is 2.85. The van der Waals surface area contributed by atoms with Gasteiger partial charge in [-0.1, -0.05) is 12.2 Å². The van der Waals surface area contributed by atoms with E-state index in [1.54, 1.807) is 0 Å². The molecule has 3 saturated carbocycles. The first-order valence-electron chi connectivity index (χ1n) is 3.57. The standard InChI is InChI=1S/C8H10/c1-2-8-3-6(1)7(4-8)5-8/h1-2,6-7H,3-5H2. The van der Waals surface area contributed by atoms with Crippen molar-refractivity contribution in [2.24, 2.45) is 17.3 Å². The normalized spacial score (nSPS) is 64.0. The third-order valence-corrected chi connectivity index (χ3v) is 3.28. The molecule has 0 heterocycles. The van der Waals surface area contributed by atoms with E-state index >= 15 is 0 Å². The van der Waals surface area contributed by atoms with Crippen molar-refractivity contribution in [3.05, 3.63) is 12.2 Å². The molecule has 0 radical (unpaired) electrons. The van der Waals surface area contributed by atoms with Crippen molar-refractivity contribution >= 4 is 0 Å². The zero-order chi connectivity index (χ0) is 5.19. The lowest BCUT2D eigenvalue weighted by Crippen LogP contribution is -2.27. The molecule has 4 rings (SSSR count). The van der Waals surface area contributed by atoms with Crippen molar-refractivity contribution in [1.29, 1.82) is 0 Å². The van der Waals surface area contributed by atoms with Gasteiger partial charge in [-0.15, -0.1) is 0 Å². The average Bonchev–Trinajstić information content (AvgIpc) is 2.19. The molecule has 0 nitrogen and oxygen atoms in total. The van der Waals surface area contributed by atoms with Crippen molar-refractivity contribution in [1.82, 2.24) is 0 Å². The molecule has 1 spiro atoms.